The van der Waals surface area contributed by atoms with Crippen molar-refractivity contribution in [3.8, 4) is 17.2 Å². The second-order valence-corrected chi connectivity index (χ2v) is 6.88. The lowest BCUT2D eigenvalue weighted by Gasteiger charge is -2.34. The molecule has 0 radical (unpaired) electrons. The molecule has 164 valence electrons. The van der Waals surface area contributed by atoms with E-state index in [1.807, 2.05) is 0 Å². The number of alkyl halides is 2. The quantitative estimate of drug-likeness (QED) is 0.656. The smallest absolute Gasteiger partial charge is 0.387 e. The fourth-order valence-electron chi connectivity index (χ4n) is 3.10. The van der Waals surface area contributed by atoms with Crippen LogP contribution in [0.1, 0.15) is 5.56 Å². The molecule has 0 saturated heterocycles. The van der Waals surface area contributed by atoms with Crippen LogP contribution in [0.3, 0.4) is 0 Å². The molecule has 2 amide bonds. The topological polar surface area (TPSA) is 68.3 Å². The predicted molar refractivity (Wildman–Crippen MR) is 111 cm³/mol. The standard InChI is InChI=1S/C22H22F2N2O5/c1-25(2)21(28)19-13-26(15-6-4-5-7-16(15)30-19)20(27)11-9-14-8-10-17(31-22(23)24)18(12-14)29-3/h4-12,19,22H,13H2,1-3H3. The summed E-state index contributed by atoms with van der Waals surface area (Å²) < 4.78 is 40.2. The molecule has 3 rings (SSSR count). The van der Waals surface area contributed by atoms with Gasteiger partial charge >= 0.3 is 6.61 Å². The third kappa shape index (κ3) is 5.11. The van der Waals surface area contributed by atoms with E-state index in [-0.39, 0.29) is 29.9 Å². The highest BCUT2D eigenvalue weighted by Crippen LogP contribution is 2.34. The molecular weight excluding hydrogens is 410 g/mol. The van der Waals surface area contributed by atoms with E-state index in [1.165, 1.54) is 47.3 Å². The van der Waals surface area contributed by atoms with E-state index >= 15 is 0 Å². The number of hydrogen-bond acceptors (Lipinski definition) is 5. The maximum atomic E-state index is 12.9. The number of benzene rings is 2. The second-order valence-electron chi connectivity index (χ2n) is 6.88. The number of rotatable bonds is 6. The summed E-state index contributed by atoms with van der Waals surface area (Å²) in [6.07, 6.45) is 2.03. The van der Waals surface area contributed by atoms with Crippen molar-refractivity contribution < 1.29 is 32.6 Å². The van der Waals surface area contributed by atoms with E-state index < -0.39 is 12.7 Å². The van der Waals surface area contributed by atoms with Gasteiger partial charge in [-0.2, -0.15) is 8.78 Å². The summed E-state index contributed by atoms with van der Waals surface area (Å²) in [6.45, 7) is -2.92. The molecule has 0 N–H and O–H groups in total. The number of likely N-dealkylation sites (N-methyl/N-ethyl adjacent to an activating group) is 1. The second kappa shape index (κ2) is 9.46. The van der Waals surface area contributed by atoms with Crippen molar-refractivity contribution in [2.45, 2.75) is 12.7 Å². The molecule has 1 heterocycles. The fraction of sp³-hybridized carbons (Fsp3) is 0.273. The van der Waals surface area contributed by atoms with Gasteiger partial charge in [-0.25, -0.2) is 0 Å². The van der Waals surface area contributed by atoms with E-state index in [0.717, 1.165) is 0 Å². The molecule has 0 bridgehead atoms. The summed E-state index contributed by atoms with van der Waals surface area (Å²) in [4.78, 5) is 28.2. The number of methoxy groups -OCH3 is 1. The number of halogens is 2. The number of ether oxygens (including phenoxy) is 3. The van der Waals surface area contributed by atoms with Crippen LogP contribution < -0.4 is 19.1 Å². The van der Waals surface area contributed by atoms with Crippen molar-refractivity contribution in [2.75, 3.05) is 32.6 Å². The first-order chi connectivity index (χ1) is 14.8. The molecule has 0 fully saturated rings. The van der Waals surface area contributed by atoms with Gasteiger partial charge in [-0.15, -0.1) is 0 Å². The fourth-order valence-corrected chi connectivity index (χ4v) is 3.10. The van der Waals surface area contributed by atoms with Crippen LogP contribution in [0.5, 0.6) is 17.2 Å². The third-order valence-corrected chi connectivity index (χ3v) is 4.58. The average molecular weight is 432 g/mol. The van der Waals surface area contributed by atoms with Crippen molar-refractivity contribution in [3.05, 3.63) is 54.1 Å². The van der Waals surface area contributed by atoms with Crippen molar-refractivity contribution in [1.82, 2.24) is 4.90 Å². The molecule has 0 spiro atoms. The summed E-state index contributed by atoms with van der Waals surface area (Å²) in [6, 6.07) is 11.3. The molecule has 31 heavy (non-hydrogen) atoms. The lowest BCUT2D eigenvalue weighted by molar-refractivity contribution is -0.136. The molecule has 7 nitrogen and oxygen atoms in total. The third-order valence-electron chi connectivity index (χ3n) is 4.58. The number of nitrogens with zero attached hydrogens (tertiary/aromatic N) is 2. The monoisotopic (exact) mass is 432 g/mol. The zero-order valence-corrected chi connectivity index (χ0v) is 17.2. The Morgan fingerprint density at radius 2 is 1.94 bits per heavy atom. The molecular formula is C22H22F2N2O5. The van der Waals surface area contributed by atoms with Crippen LogP contribution in [0, 0.1) is 0 Å². The van der Waals surface area contributed by atoms with Gasteiger partial charge in [0, 0.05) is 20.2 Å². The minimum absolute atomic E-state index is 0.0572. The number of amides is 2. The summed E-state index contributed by atoms with van der Waals surface area (Å²) in [5, 5.41) is 0. The highest BCUT2D eigenvalue weighted by atomic mass is 19.3. The molecule has 1 aliphatic rings. The van der Waals surface area contributed by atoms with Crippen LogP contribution in [0.15, 0.2) is 48.5 Å². The van der Waals surface area contributed by atoms with E-state index in [0.29, 0.717) is 17.0 Å². The van der Waals surface area contributed by atoms with Crippen LogP contribution in [0.25, 0.3) is 6.08 Å². The Hall–Kier alpha value is -3.62. The number of carbonyl (C=O) groups excluding carboxylic acids is 2. The summed E-state index contributed by atoms with van der Waals surface area (Å²) >= 11 is 0. The minimum atomic E-state index is -2.98. The Kier molecular flexibility index (Phi) is 6.74. The van der Waals surface area contributed by atoms with E-state index in [4.69, 9.17) is 9.47 Å². The Bertz CT molecular complexity index is 994. The number of para-hydroxylation sites is 2. The molecule has 0 saturated carbocycles. The van der Waals surface area contributed by atoms with Gasteiger partial charge in [0.2, 0.25) is 0 Å². The van der Waals surface area contributed by atoms with Crippen molar-refractivity contribution in [3.63, 3.8) is 0 Å². The Labute approximate surface area is 178 Å². The Morgan fingerprint density at radius 1 is 1.19 bits per heavy atom. The first kappa shape index (κ1) is 22.1. The normalized spacial score (nSPS) is 15.4. The summed E-state index contributed by atoms with van der Waals surface area (Å²) in [5.41, 5.74) is 1.10. The zero-order valence-electron chi connectivity index (χ0n) is 17.2. The van der Waals surface area contributed by atoms with E-state index in [9.17, 15) is 18.4 Å². The van der Waals surface area contributed by atoms with Gasteiger partial charge in [-0.3, -0.25) is 9.59 Å². The average Bonchev–Trinajstić information content (AvgIpc) is 2.76. The van der Waals surface area contributed by atoms with Gasteiger partial charge < -0.3 is 24.0 Å². The van der Waals surface area contributed by atoms with Crippen LogP contribution >= 0.6 is 0 Å². The van der Waals surface area contributed by atoms with E-state index in [2.05, 4.69) is 4.74 Å². The molecule has 1 aliphatic heterocycles. The maximum absolute atomic E-state index is 12.9. The Balaban J connectivity index is 1.83. The largest absolute Gasteiger partial charge is 0.493 e. The first-order valence-electron chi connectivity index (χ1n) is 9.39. The van der Waals surface area contributed by atoms with Crippen LogP contribution in [0.2, 0.25) is 0 Å². The van der Waals surface area contributed by atoms with Crippen LogP contribution in [-0.2, 0) is 9.59 Å². The molecule has 9 heteroatoms. The lowest BCUT2D eigenvalue weighted by atomic mass is 10.1. The van der Waals surface area contributed by atoms with Gasteiger partial charge in [-0.1, -0.05) is 18.2 Å². The Morgan fingerprint density at radius 3 is 2.61 bits per heavy atom. The molecule has 0 aliphatic carbocycles. The molecule has 2 aromatic carbocycles. The maximum Gasteiger partial charge on any atom is 0.387 e. The SMILES string of the molecule is COc1cc(C=CC(=O)N2CC(C(=O)N(C)C)Oc3ccccc32)ccc1OC(F)F. The highest BCUT2D eigenvalue weighted by molar-refractivity contribution is 6.05. The number of fused-ring (bicyclic) bond motifs is 1. The van der Waals surface area contributed by atoms with Gasteiger partial charge in [0.05, 0.1) is 19.3 Å². The van der Waals surface area contributed by atoms with Crippen molar-refractivity contribution in [2.24, 2.45) is 0 Å². The van der Waals surface area contributed by atoms with Gasteiger partial charge in [0.25, 0.3) is 11.8 Å². The number of carbonyl (C=O) groups is 2. The zero-order chi connectivity index (χ0) is 22.5. The van der Waals surface area contributed by atoms with Gasteiger partial charge in [-0.05, 0) is 35.9 Å². The van der Waals surface area contributed by atoms with E-state index in [1.54, 1.807) is 38.4 Å². The molecule has 0 aromatic heterocycles. The predicted octanol–water partition coefficient (Wildman–Crippen LogP) is 3.19. The van der Waals surface area contributed by atoms with Crippen molar-refractivity contribution in [1.29, 1.82) is 0 Å². The van der Waals surface area contributed by atoms with Crippen LogP contribution in [-0.4, -0.2) is 57.2 Å². The molecule has 2 aromatic rings. The molecule has 1 atom stereocenters. The minimum Gasteiger partial charge on any atom is -0.493 e. The van der Waals surface area contributed by atoms with Gasteiger partial charge in [0.15, 0.2) is 17.6 Å². The molecule has 1 unspecified atom stereocenters. The van der Waals surface area contributed by atoms with Crippen LogP contribution in [0.4, 0.5) is 14.5 Å². The number of hydrogen-bond donors (Lipinski definition) is 0. The van der Waals surface area contributed by atoms with Gasteiger partial charge in [0.1, 0.15) is 5.75 Å². The number of anilines is 1. The lowest BCUT2D eigenvalue weighted by Crippen LogP contribution is -2.50. The summed E-state index contributed by atoms with van der Waals surface area (Å²) in [5.74, 6) is -0.169. The van der Waals surface area contributed by atoms with Crippen molar-refractivity contribution >= 4 is 23.6 Å². The summed E-state index contributed by atoms with van der Waals surface area (Å²) in [7, 11) is 4.57. The first-order valence-corrected chi connectivity index (χ1v) is 9.39. The highest BCUT2D eigenvalue weighted by Gasteiger charge is 2.33.